The maximum atomic E-state index is 12.5. The Morgan fingerprint density at radius 3 is 2.60 bits per heavy atom. The van der Waals surface area contributed by atoms with Crippen LogP contribution < -0.4 is 14.4 Å². The topological polar surface area (TPSA) is 68.2 Å². The summed E-state index contributed by atoms with van der Waals surface area (Å²) in [7, 11) is 0. The molecule has 2 aliphatic heterocycles. The number of fused-ring (bicyclic) bond motifs is 1. The largest absolute Gasteiger partial charge is 0.454 e. The Kier molecular flexibility index (Phi) is 3.89. The van der Waals surface area contributed by atoms with E-state index in [0.717, 1.165) is 10.5 Å². The van der Waals surface area contributed by atoms with Gasteiger partial charge in [0.25, 0.3) is 5.91 Å². The molecule has 2 aliphatic rings. The Hall–Kier alpha value is -2.86. The van der Waals surface area contributed by atoms with Crippen LogP contribution in [0.4, 0.5) is 5.69 Å². The van der Waals surface area contributed by atoms with Crippen LogP contribution in [-0.2, 0) is 16.1 Å². The minimum absolute atomic E-state index is 0.00793. The first kappa shape index (κ1) is 15.7. The number of benzene rings is 2. The van der Waals surface area contributed by atoms with E-state index in [1.54, 1.807) is 30.3 Å². The van der Waals surface area contributed by atoms with Gasteiger partial charge in [-0.2, -0.15) is 0 Å². The molecule has 0 spiro atoms. The number of anilines is 1. The van der Waals surface area contributed by atoms with E-state index >= 15 is 0 Å². The van der Waals surface area contributed by atoms with Crippen molar-refractivity contribution >= 4 is 34.8 Å². The first-order chi connectivity index (χ1) is 12.1. The van der Waals surface area contributed by atoms with E-state index in [-0.39, 0.29) is 24.8 Å². The van der Waals surface area contributed by atoms with Gasteiger partial charge >= 0.3 is 0 Å². The molecule has 4 rings (SSSR count). The van der Waals surface area contributed by atoms with Crippen molar-refractivity contribution in [2.45, 2.75) is 13.0 Å². The van der Waals surface area contributed by atoms with Crippen molar-refractivity contribution in [3.63, 3.8) is 0 Å². The summed E-state index contributed by atoms with van der Waals surface area (Å²) in [4.78, 5) is 30.2. The molecule has 0 saturated carbocycles. The molecule has 0 bridgehead atoms. The summed E-state index contributed by atoms with van der Waals surface area (Å²) < 4.78 is 10.6. The summed E-state index contributed by atoms with van der Waals surface area (Å²) in [6, 6.07) is 12.0. The molecule has 0 radical (unpaired) electrons. The third-order valence-corrected chi connectivity index (χ3v) is 4.24. The third-order valence-electron chi connectivity index (χ3n) is 3.99. The van der Waals surface area contributed by atoms with Gasteiger partial charge in [-0.15, -0.1) is 0 Å². The van der Waals surface area contributed by atoms with Crippen LogP contribution in [0, 0.1) is 0 Å². The lowest BCUT2D eigenvalue weighted by atomic mass is 10.2. The van der Waals surface area contributed by atoms with E-state index in [4.69, 9.17) is 21.1 Å². The number of carbonyl (C=O) groups excluding carboxylic acids is 2. The SMILES string of the molecule is O=C1CC(=NCc2ccc3c(c2)OCO3)C(=O)N1c1ccc(Cl)cc1. The number of amides is 2. The molecule has 0 aromatic heterocycles. The van der Waals surface area contributed by atoms with Crippen LogP contribution >= 0.6 is 11.6 Å². The highest BCUT2D eigenvalue weighted by Gasteiger charge is 2.36. The maximum absolute atomic E-state index is 12.5. The summed E-state index contributed by atoms with van der Waals surface area (Å²) in [6.45, 7) is 0.496. The van der Waals surface area contributed by atoms with E-state index in [1.165, 1.54) is 0 Å². The van der Waals surface area contributed by atoms with Gasteiger partial charge in [-0.25, -0.2) is 4.90 Å². The predicted molar refractivity (Wildman–Crippen MR) is 92.3 cm³/mol. The van der Waals surface area contributed by atoms with Crippen LogP contribution in [-0.4, -0.2) is 24.3 Å². The summed E-state index contributed by atoms with van der Waals surface area (Å²) in [5.41, 5.74) is 1.62. The van der Waals surface area contributed by atoms with E-state index in [9.17, 15) is 9.59 Å². The van der Waals surface area contributed by atoms with Crippen LogP contribution in [0.25, 0.3) is 0 Å². The van der Waals surface area contributed by atoms with Crippen molar-refractivity contribution in [3.05, 3.63) is 53.1 Å². The van der Waals surface area contributed by atoms with Crippen molar-refractivity contribution in [1.82, 2.24) is 0 Å². The molecule has 7 heteroatoms. The lowest BCUT2D eigenvalue weighted by molar-refractivity contribution is -0.120. The number of nitrogens with zero attached hydrogens (tertiary/aromatic N) is 2. The zero-order chi connectivity index (χ0) is 17.4. The molecule has 2 amide bonds. The average Bonchev–Trinajstić information content (AvgIpc) is 3.18. The molecule has 2 aromatic rings. The molecule has 2 heterocycles. The normalized spacial score (nSPS) is 17.6. The van der Waals surface area contributed by atoms with Crippen molar-refractivity contribution in [1.29, 1.82) is 0 Å². The molecule has 2 aromatic carbocycles. The predicted octanol–water partition coefficient (Wildman–Crippen LogP) is 2.97. The van der Waals surface area contributed by atoms with Gasteiger partial charge in [0, 0.05) is 5.02 Å². The number of rotatable bonds is 3. The molecule has 1 saturated heterocycles. The van der Waals surface area contributed by atoms with Gasteiger partial charge in [0.05, 0.1) is 18.7 Å². The first-order valence-corrected chi connectivity index (χ1v) is 8.04. The number of carbonyl (C=O) groups is 2. The second-order valence-electron chi connectivity index (χ2n) is 5.64. The Morgan fingerprint density at radius 2 is 1.80 bits per heavy atom. The number of halogens is 1. The summed E-state index contributed by atoms with van der Waals surface area (Å²) in [5, 5.41) is 0.541. The monoisotopic (exact) mass is 356 g/mol. The van der Waals surface area contributed by atoms with Gasteiger partial charge in [0.15, 0.2) is 11.5 Å². The molecule has 1 fully saturated rings. The lowest BCUT2D eigenvalue weighted by Crippen LogP contribution is -2.30. The van der Waals surface area contributed by atoms with Crippen molar-refractivity contribution in [3.8, 4) is 11.5 Å². The van der Waals surface area contributed by atoms with E-state index < -0.39 is 5.91 Å². The van der Waals surface area contributed by atoms with Crippen LogP contribution in [0.1, 0.15) is 12.0 Å². The molecule has 0 aliphatic carbocycles. The van der Waals surface area contributed by atoms with E-state index in [1.807, 2.05) is 12.1 Å². The van der Waals surface area contributed by atoms with Gasteiger partial charge < -0.3 is 9.47 Å². The molecular weight excluding hydrogens is 344 g/mol. The average molecular weight is 357 g/mol. The van der Waals surface area contributed by atoms with Gasteiger partial charge in [-0.05, 0) is 42.0 Å². The molecule has 126 valence electrons. The smallest absolute Gasteiger partial charge is 0.279 e. The second kappa shape index (κ2) is 6.22. The Balaban J connectivity index is 1.53. The molecule has 25 heavy (non-hydrogen) atoms. The quantitative estimate of drug-likeness (QED) is 0.793. The standard InChI is InChI=1S/C18H13ClN2O4/c19-12-2-4-13(5-3-12)21-17(22)8-14(18(21)23)20-9-11-1-6-15-16(7-11)25-10-24-15/h1-7H,8-10H2. The highest BCUT2D eigenvalue weighted by Crippen LogP contribution is 2.32. The second-order valence-corrected chi connectivity index (χ2v) is 6.07. The summed E-state index contributed by atoms with van der Waals surface area (Å²) >= 11 is 5.85. The zero-order valence-corrected chi connectivity index (χ0v) is 13.8. The summed E-state index contributed by atoms with van der Waals surface area (Å²) in [5.74, 6) is 0.663. The van der Waals surface area contributed by atoms with Crippen LogP contribution in [0.3, 0.4) is 0 Å². The molecular formula is C18H13ClN2O4. The Bertz CT molecular complexity index is 892. The number of hydrogen-bond acceptors (Lipinski definition) is 5. The van der Waals surface area contributed by atoms with Gasteiger partial charge in [0.1, 0.15) is 5.71 Å². The fourth-order valence-corrected chi connectivity index (χ4v) is 2.87. The fourth-order valence-electron chi connectivity index (χ4n) is 2.74. The van der Waals surface area contributed by atoms with Crippen molar-refractivity contribution in [2.24, 2.45) is 4.99 Å². The van der Waals surface area contributed by atoms with Gasteiger partial charge in [0.2, 0.25) is 12.7 Å². The Labute approximate surface area is 148 Å². The Morgan fingerprint density at radius 1 is 1.04 bits per heavy atom. The number of aliphatic imine (C=N–C) groups is 1. The maximum Gasteiger partial charge on any atom is 0.279 e. The van der Waals surface area contributed by atoms with E-state index in [0.29, 0.717) is 28.8 Å². The minimum atomic E-state index is -0.395. The van der Waals surface area contributed by atoms with Crippen LogP contribution in [0.5, 0.6) is 11.5 Å². The van der Waals surface area contributed by atoms with Gasteiger partial charge in [-0.3, -0.25) is 14.6 Å². The van der Waals surface area contributed by atoms with Crippen molar-refractivity contribution in [2.75, 3.05) is 11.7 Å². The third kappa shape index (κ3) is 2.96. The van der Waals surface area contributed by atoms with Gasteiger partial charge in [-0.1, -0.05) is 17.7 Å². The molecule has 0 N–H and O–H groups in total. The highest BCUT2D eigenvalue weighted by molar-refractivity contribution is 6.56. The van der Waals surface area contributed by atoms with Crippen molar-refractivity contribution < 1.29 is 19.1 Å². The highest BCUT2D eigenvalue weighted by atomic mass is 35.5. The van der Waals surface area contributed by atoms with Crippen LogP contribution in [0.15, 0.2) is 47.5 Å². The lowest BCUT2D eigenvalue weighted by Gasteiger charge is -2.12. The number of imide groups is 1. The number of ether oxygens (including phenoxy) is 2. The zero-order valence-electron chi connectivity index (χ0n) is 13.1. The summed E-state index contributed by atoms with van der Waals surface area (Å²) in [6.07, 6.45) is -0.00793. The fraction of sp³-hybridized carbons (Fsp3) is 0.167. The first-order valence-electron chi connectivity index (χ1n) is 7.66. The molecule has 0 unspecified atom stereocenters. The minimum Gasteiger partial charge on any atom is -0.454 e. The molecule has 6 nitrogen and oxygen atoms in total. The van der Waals surface area contributed by atoms with E-state index in [2.05, 4.69) is 4.99 Å². The number of hydrogen-bond donors (Lipinski definition) is 0. The van der Waals surface area contributed by atoms with Crippen LogP contribution in [0.2, 0.25) is 5.02 Å². The molecule has 0 atom stereocenters.